The summed E-state index contributed by atoms with van der Waals surface area (Å²) in [5, 5.41) is 10.1. The first-order valence-corrected chi connectivity index (χ1v) is 7.74. The number of halogens is 3. The molecule has 11 heteroatoms. The number of pyridine rings is 1. The first-order chi connectivity index (χ1) is 12.4. The van der Waals surface area contributed by atoms with Crippen LogP contribution in [-0.2, 0) is 10.9 Å². The number of aromatic hydroxyl groups is 1. The number of imidazole rings is 1. The van der Waals surface area contributed by atoms with Gasteiger partial charge in [0, 0.05) is 19.3 Å². The number of aromatic nitrogens is 5. The predicted molar refractivity (Wildman–Crippen MR) is 84.2 cm³/mol. The van der Waals surface area contributed by atoms with Crippen molar-refractivity contribution in [3.63, 3.8) is 0 Å². The van der Waals surface area contributed by atoms with Gasteiger partial charge in [0.25, 0.3) is 0 Å². The van der Waals surface area contributed by atoms with Crippen LogP contribution in [-0.4, -0.2) is 55.9 Å². The van der Waals surface area contributed by atoms with Crippen molar-refractivity contribution in [2.45, 2.75) is 6.18 Å². The third kappa shape index (κ3) is 2.90. The Morgan fingerprint density at radius 1 is 1.12 bits per heavy atom. The van der Waals surface area contributed by atoms with Gasteiger partial charge in [0.15, 0.2) is 11.2 Å². The summed E-state index contributed by atoms with van der Waals surface area (Å²) in [5.41, 5.74) is -0.532. The van der Waals surface area contributed by atoms with Gasteiger partial charge in [0.1, 0.15) is 12.0 Å². The highest BCUT2D eigenvalue weighted by Gasteiger charge is 2.32. The molecule has 0 amide bonds. The van der Waals surface area contributed by atoms with Crippen LogP contribution in [0.2, 0.25) is 0 Å². The summed E-state index contributed by atoms with van der Waals surface area (Å²) >= 11 is 0. The Balaban J connectivity index is 1.82. The molecule has 0 aromatic carbocycles. The second-order valence-electron chi connectivity index (χ2n) is 5.63. The lowest BCUT2D eigenvalue weighted by atomic mass is 10.3. The predicted octanol–water partition coefficient (Wildman–Crippen LogP) is 1.77. The van der Waals surface area contributed by atoms with Crippen LogP contribution < -0.4 is 4.90 Å². The summed E-state index contributed by atoms with van der Waals surface area (Å²) in [4.78, 5) is 17.6. The molecule has 1 N–H and O–H groups in total. The Labute approximate surface area is 144 Å². The van der Waals surface area contributed by atoms with E-state index in [2.05, 4.69) is 19.9 Å². The van der Waals surface area contributed by atoms with Gasteiger partial charge >= 0.3 is 6.18 Å². The fourth-order valence-electron chi connectivity index (χ4n) is 2.69. The zero-order valence-corrected chi connectivity index (χ0v) is 13.3. The van der Waals surface area contributed by atoms with Gasteiger partial charge in [-0.2, -0.15) is 23.1 Å². The summed E-state index contributed by atoms with van der Waals surface area (Å²) in [5.74, 6) is -0.0644. The Hall–Kier alpha value is -2.95. The number of nitrogens with zero attached hydrogens (tertiary/aromatic N) is 6. The molecule has 1 aliphatic heterocycles. The van der Waals surface area contributed by atoms with Crippen LogP contribution in [0.3, 0.4) is 0 Å². The topological polar surface area (TPSA) is 89.2 Å². The lowest BCUT2D eigenvalue weighted by molar-refractivity contribution is -0.141. The van der Waals surface area contributed by atoms with Crippen LogP contribution >= 0.6 is 0 Å². The quantitative estimate of drug-likeness (QED) is 0.739. The van der Waals surface area contributed by atoms with E-state index >= 15 is 0 Å². The smallest absolute Gasteiger partial charge is 0.433 e. The van der Waals surface area contributed by atoms with Crippen LogP contribution in [0.25, 0.3) is 16.9 Å². The van der Waals surface area contributed by atoms with Gasteiger partial charge in [-0.1, -0.05) is 0 Å². The van der Waals surface area contributed by atoms with Gasteiger partial charge in [0.05, 0.1) is 18.9 Å². The molecular formula is C15H13F3N6O2. The van der Waals surface area contributed by atoms with Gasteiger partial charge in [-0.15, -0.1) is 0 Å². The van der Waals surface area contributed by atoms with E-state index in [4.69, 9.17) is 4.74 Å². The Morgan fingerprint density at radius 2 is 1.88 bits per heavy atom. The van der Waals surface area contributed by atoms with Gasteiger partial charge in [-0.05, 0) is 12.1 Å². The van der Waals surface area contributed by atoms with Crippen molar-refractivity contribution in [3.05, 3.63) is 30.4 Å². The first kappa shape index (κ1) is 16.5. The zero-order valence-electron chi connectivity index (χ0n) is 13.3. The van der Waals surface area contributed by atoms with Gasteiger partial charge in [-0.3, -0.25) is 9.55 Å². The van der Waals surface area contributed by atoms with Crippen molar-refractivity contribution in [1.29, 1.82) is 0 Å². The largest absolute Gasteiger partial charge is 0.492 e. The van der Waals surface area contributed by atoms with E-state index < -0.39 is 11.9 Å². The number of anilines is 1. The van der Waals surface area contributed by atoms with Crippen molar-refractivity contribution in [1.82, 2.24) is 24.5 Å². The summed E-state index contributed by atoms with van der Waals surface area (Å²) in [6.07, 6.45) is -2.21. The molecule has 1 saturated heterocycles. The van der Waals surface area contributed by atoms with Crippen molar-refractivity contribution in [2.24, 2.45) is 0 Å². The summed E-state index contributed by atoms with van der Waals surface area (Å²) in [6, 6.07) is 2.30. The molecule has 8 nitrogen and oxygen atoms in total. The summed E-state index contributed by atoms with van der Waals surface area (Å²) in [7, 11) is 0. The van der Waals surface area contributed by atoms with E-state index in [1.54, 1.807) is 0 Å². The molecule has 0 unspecified atom stereocenters. The highest BCUT2D eigenvalue weighted by atomic mass is 19.4. The van der Waals surface area contributed by atoms with E-state index in [-0.39, 0.29) is 28.7 Å². The van der Waals surface area contributed by atoms with Crippen molar-refractivity contribution in [2.75, 3.05) is 31.2 Å². The van der Waals surface area contributed by atoms with Crippen LogP contribution in [0, 0.1) is 0 Å². The van der Waals surface area contributed by atoms with Gasteiger partial charge in [0.2, 0.25) is 11.8 Å². The number of rotatable bonds is 2. The number of morpholine rings is 1. The van der Waals surface area contributed by atoms with E-state index in [9.17, 15) is 18.3 Å². The second kappa shape index (κ2) is 6.09. The van der Waals surface area contributed by atoms with Crippen molar-refractivity contribution >= 4 is 17.1 Å². The van der Waals surface area contributed by atoms with Crippen molar-refractivity contribution < 1.29 is 23.0 Å². The average Bonchev–Trinajstić information content (AvgIpc) is 3.06. The molecule has 3 aromatic heterocycles. The normalized spacial score (nSPS) is 15.6. The van der Waals surface area contributed by atoms with Gasteiger partial charge < -0.3 is 14.7 Å². The molecule has 0 radical (unpaired) electrons. The minimum Gasteiger partial charge on any atom is -0.492 e. The Morgan fingerprint density at radius 3 is 2.62 bits per heavy atom. The fourth-order valence-corrected chi connectivity index (χ4v) is 2.69. The van der Waals surface area contributed by atoms with Crippen LogP contribution in [0.15, 0.2) is 24.7 Å². The number of alkyl halides is 3. The molecule has 0 aliphatic carbocycles. The zero-order chi connectivity index (χ0) is 18.3. The van der Waals surface area contributed by atoms with E-state index in [0.29, 0.717) is 26.3 Å². The Kier molecular flexibility index (Phi) is 3.87. The molecule has 1 aliphatic rings. The summed E-state index contributed by atoms with van der Waals surface area (Å²) in [6.45, 7) is 2.10. The number of hydrogen-bond donors (Lipinski definition) is 1. The molecule has 4 heterocycles. The third-order valence-corrected chi connectivity index (χ3v) is 3.97. The molecule has 26 heavy (non-hydrogen) atoms. The molecular weight excluding hydrogens is 353 g/mol. The maximum Gasteiger partial charge on any atom is 0.433 e. The van der Waals surface area contributed by atoms with Crippen LogP contribution in [0.1, 0.15) is 5.69 Å². The SMILES string of the molecule is Oc1nc(N2CCOCC2)nc2c1ncn2-c1ccnc(C(F)(F)F)c1. The summed E-state index contributed by atoms with van der Waals surface area (Å²) < 4.78 is 45.4. The molecule has 1 fully saturated rings. The minimum absolute atomic E-state index is 0.104. The maximum atomic E-state index is 12.9. The third-order valence-electron chi connectivity index (χ3n) is 3.97. The average molecular weight is 366 g/mol. The monoisotopic (exact) mass is 366 g/mol. The minimum atomic E-state index is -4.57. The van der Waals surface area contributed by atoms with Crippen LogP contribution in [0.4, 0.5) is 19.1 Å². The highest BCUT2D eigenvalue weighted by molar-refractivity contribution is 5.79. The maximum absolute atomic E-state index is 12.9. The number of hydrogen-bond acceptors (Lipinski definition) is 7. The molecule has 0 atom stereocenters. The standard InChI is InChI=1S/C15H13F3N6O2/c16-15(17,18)10-7-9(1-2-19-10)24-8-20-11-12(24)21-14(22-13(11)25)23-3-5-26-6-4-23/h1-2,7-8H,3-6H2,(H,21,22,25). The van der Waals surface area contributed by atoms with Crippen molar-refractivity contribution in [3.8, 4) is 11.6 Å². The number of ether oxygens (including phenoxy) is 1. The molecule has 3 aromatic rings. The molecule has 4 rings (SSSR count). The molecule has 136 valence electrons. The Bertz CT molecular complexity index is 952. The lowest BCUT2D eigenvalue weighted by Crippen LogP contribution is -2.37. The van der Waals surface area contributed by atoms with E-state index in [0.717, 1.165) is 12.3 Å². The first-order valence-electron chi connectivity index (χ1n) is 7.74. The lowest BCUT2D eigenvalue weighted by Gasteiger charge is -2.26. The van der Waals surface area contributed by atoms with Gasteiger partial charge in [-0.25, -0.2) is 4.98 Å². The van der Waals surface area contributed by atoms with E-state index in [1.807, 2.05) is 4.90 Å². The number of fused-ring (bicyclic) bond motifs is 1. The molecule has 0 bridgehead atoms. The fraction of sp³-hybridized carbons (Fsp3) is 0.333. The molecule has 0 saturated carbocycles. The molecule has 0 spiro atoms. The van der Waals surface area contributed by atoms with E-state index in [1.165, 1.54) is 17.0 Å². The van der Waals surface area contributed by atoms with Crippen LogP contribution in [0.5, 0.6) is 5.88 Å². The second-order valence-corrected chi connectivity index (χ2v) is 5.63. The highest BCUT2D eigenvalue weighted by Crippen LogP contribution is 2.30.